The molecule has 2 aromatic rings. The summed E-state index contributed by atoms with van der Waals surface area (Å²) < 4.78 is 46.1. The number of amides is 1. The Morgan fingerprint density at radius 2 is 1.90 bits per heavy atom. The number of anilines is 1. The average molecular weight is 299 g/mol. The minimum atomic E-state index is -4.68. The summed E-state index contributed by atoms with van der Waals surface area (Å²) >= 11 is 0. The monoisotopic (exact) mass is 299 g/mol. The average Bonchev–Trinajstić information content (AvgIpc) is 3.07. The zero-order valence-electron chi connectivity index (χ0n) is 10.4. The Morgan fingerprint density at radius 3 is 2.43 bits per heavy atom. The normalized spacial score (nSPS) is 15.4. The van der Waals surface area contributed by atoms with Gasteiger partial charge in [-0.2, -0.15) is 18.2 Å². The van der Waals surface area contributed by atoms with Crippen molar-refractivity contribution in [2.24, 2.45) is 0 Å². The SMILES string of the molecule is O=C1OCCN1c1ccc(-c2noc(C(F)(F)F)n2)cc1. The molecule has 1 fully saturated rings. The predicted octanol–water partition coefficient (Wildman–Crippen LogP) is 2.71. The molecule has 1 aromatic heterocycles. The van der Waals surface area contributed by atoms with Gasteiger partial charge >= 0.3 is 18.2 Å². The molecule has 2 heterocycles. The largest absolute Gasteiger partial charge is 0.471 e. The first-order chi connectivity index (χ1) is 9.95. The van der Waals surface area contributed by atoms with E-state index in [9.17, 15) is 18.0 Å². The summed E-state index contributed by atoms with van der Waals surface area (Å²) in [7, 11) is 0. The summed E-state index contributed by atoms with van der Waals surface area (Å²) in [6, 6.07) is 6.16. The molecular formula is C12H8F3N3O3. The Kier molecular flexibility index (Phi) is 3.04. The number of aromatic nitrogens is 2. The zero-order valence-corrected chi connectivity index (χ0v) is 10.4. The first-order valence-corrected chi connectivity index (χ1v) is 5.91. The highest BCUT2D eigenvalue weighted by Gasteiger charge is 2.38. The second-order valence-corrected chi connectivity index (χ2v) is 4.23. The van der Waals surface area contributed by atoms with E-state index in [0.29, 0.717) is 24.4 Å². The minimum Gasteiger partial charge on any atom is -0.447 e. The molecule has 0 aliphatic carbocycles. The molecule has 1 aliphatic rings. The molecule has 1 aromatic carbocycles. The van der Waals surface area contributed by atoms with Crippen molar-refractivity contribution in [3.63, 3.8) is 0 Å². The third-order valence-electron chi connectivity index (χ3n) is 2.87. The first kappa shape index (κ1) is 13.4. The standard InChI is InChI=1S/C12H8F3N3O3/c13-12(14,15)10-16-9(17-21-10)7-1-3-8(4-2-7)18-5-6-20-11(18)19/h1-4H,5-6H2. The lowest BCUT2D eigenvalue weighted by molar-refractivity contribution is -0.159. The Labute approximate surface area is 116 Å². The third kappa shape index (κ3) is 2.54. The van der Waals surface area contributed by atoms with Crippen LogP contribution >= 0.6 is 0 Å². The Morgan fingerprint density at radius 1 is 1.19 bits per heavy atom. The number of halogens is 3. The highest BCUT2D eigenvalue weighted by atomic mass is 19.4. The zero-order chi connectivity index (χ0) is 15.0. The Bertz CT molecular complexity index is 666. The maximum absolute atomic E-state index is 12.4. The van der Waals surface area contributed by atoms with E-state index in [1.54, 1.807) is 12.1 Å². The fourth-order valence-electron chi connectivity index (χ4n) is 1.87. The number of benzene rings is 1. The van der Waals surface area contributed by atoms with Crippen LogP contribution in [0.3, 0.4) is 0 Å². The van der Waals surface area contributed by atoms with Crippen molar-refractivity contribution in [3.05, 3.63) is 30.2 Å². The van der Waals surface area contributed by atoms with Crippen molar-refractivity contribution >= 4 is 11.8 Å². The van der Waals surface area contributed by atoms with Gasteiger partial charge in [0.1, 0.15) is 6.61 Å². The van der Waals surface area contributed by atoms with Crippen molar-refractivity contribution in [2.75, 3.05) is 18.1 Å². The van der Waals surface area contributed by atoms with Crippen molar-refractivity contribution in [1.29, 1.82) is 0 Å². The van der Waals surface area contributed by atoms with Crippen molar-refractivity contribution in [1.82, 2.24) is 10.1 Å². The van der Waals surface area contributed by atoms with Crippen LogP contribution in [0.1, 0.15) is 5.89 Å². The number of carbonyl (C=O) groups is 1. The molecule has 0 atom stereocenters. The number of nitrogens with zero attached hydrogens (tertiary/aromatic N) is 3. The molecule has 0 N–H and O–H groups in total. The van der Waals surface area contributed by atoms with Gasteiger partial charge in [0.15, 0.2) is 0 Å². The summed E-state index contributed by atoms with van der Waals surface area (Å²) in [6.45, 7) is 0.735. The first-order valence-electron chi connectivity index (χ1n) is 5.91. The van der Waals surface area contributed by atoms with Crippen LogP contribution in [0.2, 0.25) is 0 Å². The minimum absolute atomic E-state index is 0.169. The number of rotatable bonds is 2. The molecular weight excluding hydrogens is 291 g/mol. The van der Waals surface area contributed by atoms with Gasteiger partial charge in [-0.15, -0.1) is 0 Å². The van der Waals surface area contributed by atoms with Gasteiger partial charge in [-0.05, 0) is 24.3 Å². The summed E-state index contributed by atoms with van der Waals surface area (Å²) in [6.07, 6.45) is -5.13. The van der Waals surface area contributed by atoms with Crippen LogP contribution in [0, 0.1) is 0 Å². The molecule has 0 spiro atoms. The van der Waals surface area contributed by atoms with Crippen molar-refractivity contribution in [2.45, 2.75) is 6.18 Å². The maximum atomic E-state index is 12.4. The van der Waals surface area contributed by atoms with Crippen LogP contribution in [0.5, 0.6) is 0 Å². The van der Waals surface area contributed by atoms with E-state index in [4.69, 9.17) is 4.74 Å². The third-order valence-corrected chi connectivity index (χ3v) is 2.87. The quantitative estimate of drug-likeness (QED) is 0.852. The number of carbonyl (C=O) groups excluding carboxylic acids is 1. The topological polar surface area (TPSA) is 68.5 Å². The predicted molar refractivity (Wildman–Crippen MR) is 63.4 cm³/mol. The number of hydrogen-bond donors (Lipinski definition) is 0. The second-order valence-electron chi connectivity index (χ2n) is 4.23. The summed E-state index contributed by atoms with van der Waals surface area (Å²) in [4.78, 5) is 16.1. The van der Waals surface area contributed by atoms with Gasteiger partial charge in [0.05, 0.1) is 6.54 Å². The number of hydrogen-bond acceptors (Lipinski definition) is 5. The van der Waals surface area contributed by atoms with Crippen LogP contribution in [-0.4, -0.2) is 29.4 Å². The molecule has 21 heavy (non-hydrogen) atoms. The fourth-order valence-corrected chi connectivity index (χ4v) is 1.87. The van der Waals surface area contributed by atoms with Crippen molar-refractivity contribution in [3.8, 4) is 11.4 Å². The van der Waals surface area contributed by atoms with E-state index >= 15 is 0 Å². The highest BCUT2D eigenvalue weighted by molar-refractivity contribution is 5.89. The van der Waals surface area contributed by atoms with Crippen molar-refractivity contribution < 1.29 is 27.2 Å². The van der Waals surface area contributed by atoms with Gasteiger partial charge in [-0.3, -0.25) is 4.90 Å². The van der Waals surface area contributed by atoms with Crippen LogP contribution in [0.25, 0.3) is 11.4 Å². The van der Waals surface area contributed by atoms with E-state index in [1.165, 1.54) is 17.0 Å². The lowest BCUT2D eigenvalue weighted by atomic mass is 10.2. The summed E-state index contributed by atoms with van der Waals surface area (Å²) in [5, 5.41) is 3.28. The van der Waals surface area contributed by atoms with Gasteiger partial charge < -0.3 is 9.26 Å². The van der Waals surface area contributed by atoms with E-state index < -0.39 is 18.2 Å². The molecule has 6 nitrogen and oxygen atoms in total. The van der Waals surface area contributed by atoms with Gasteiger partial charge in [0.2, 0.25) is 5.82 Å². The lowest BCUT2D eigenvalue weighted by Crippen LogP contribution is -2.23. The molecule has 0 radical (unpaired) electrons. The molecule has 3 rings (SSSR count). The molecule has 1 saturated heterocycles. The second kappa shape index (κ2) is 4.76. The highest BCUT2D eigenvalue weighted by Crippen LogP contribution is 2.30. The molecule has 0 bridgehead atoms. The van der Waals surface area contributed by atoms with E-state index in [1.807, 2.05) is 0 Å². The van der Waals surface area contributed by atoms with E-state index in [0.717, 1.165) is 0 Å². The van der Waals surface area contributed by atoms with E-state index in [-0.39, 0.29) is 5.82 Å². The Hall–Kier alpha value is -2.58. The van der Waals surface area contributed by atoms with Gasteiger partial charge in [-0.25, -0.2) is 4.79 Å². The molecule has 1 amide bonds. The molecule has 1 aliphatic heterocycles. The lowest BCUT2D eigenvalue weighted by Gasteiger charge is -2.12. The van der Waals surface area contributed by atoms with Crippen LogP contribution < -0.4 is 4.90 Å². The Balaban J connectivity index is 1.84. The molecule has 0 saturated carbocycles. The van der Waals surface area contributed by atoms with Gasteiger partial charge in [0, 0.05) is 11.3 Å². The van der Waals surface area contributed by atoms with Gasteiger partial charge in [0.25, 0.3) is 0 Å². The van der Waals surface area contributed by atoms with E-state index in [2.05, 4.69) is 14.7 Å². The molecule has 0 unspecified atom stereocenters. The summed E-state index contributed by atoms with van der Waals surface area (Å²) in [5.74, 6) is -1.57. The van der Waals surface area contributed by atoms with Crippen LogP contribution in [0.15, 0.2) is 28.8 Å². The maximum Gasteiger partial charge on any atom is 0.471 e. The molecule has 9 heteroatoms. The smallest absolute Gasteiger partial charge is 0.447 e. The number of ether oxygens (including phenoxy) is 1. The molecule has 110 valence electrons. The summed E-state index contributed by atoms with van der Waals surface area (Å²) in [5.41, 5.74) is 0.936. The van der Waals surface area contributed by atoms with Crippen LogP contribution in [0.4, 0.5) is 23.7 Å². The fraction of sp³-hybridized carbons (Fsp3) is 0.250. The number of alkyl halides is 3. The van der Waals surface area contributed by atoms with Gasteiger partial charge in [-0.1, -0.05) is 5.16 Å². The number of cyclic esters (lactones) is 1. The van der Waals surface area contributed by atoms with Crippen LogP contribution in [-0.2, 0) is 10.9 Å².